The molecule has 0 saturated carbocycles. The number of esters is 1. The van der Waals surface area contributed by atoms with Gasteiger partial charge in [0.2, 0.25) is 0 Å². The summed E-state index contributed by atoms with van der Waals surface area (Å²) in [5.74, 6) is -0.260. The number of hydrogen-bond acceptors (Lipinski definition) is 6. The van der Waals surface area contributed by atoms with Crippen molar-refractivity contribution in [1.29, 1.82) is 0 Å². The number of hydrogen-bond donors (Lipinski definition) is 3. The van der Waals surface area contributed by atoms with Crippen molar-refractivity contribution >= 4 is 17.6 Å². The van der Waals surface area contributed by atoms with Gasteiger partial charge in [0.05, 0.1) is 19.3 Å². The molecule has 2 aromatic rings. The molecule has 1 amide bonds. The third-order valence-corrected chi connectivity index (χ3v) is 3.85. The van der Waals surface area contributed by atoms with E-state index in [-0.39, 0.29) is 12.5 Å². The molecule has 0 bridgehead atoms. The fraction of sp³-hybridized carbons (Fsp3) is 0.300. The van der Waals surface area contributed by atoms with Gasteiger partial charge in [-0.2, -0.15) is 0 Å². The number of aliphatic hydroxyl groups excluding tert-OH is 1. The number of aliphatic hydroxyl groups is 1. The van der Waals surface area contributed by atoms with Crippen LogP contribution in [0.1, 0.15) is 22.8 Å². The second kappa shape index (κ2) is 10.2. The Morgan fingerprint density at radius 2 is 1.81 bits per heavy atom. The average molecular weight is 372 g/mol. The minimum atomic E-state index is -0.943. The summed E-state index contributed by atoms with van der Waals surface area (Å²) in [4.78, 5) is 24.6. The molecule has 7 heteroatoms. The smallest absolute Gasteiger partial charge is 0.341 e. The molecular formula is C20H24N2O5. The van der Waals surface area contributed by atoms with Crippen LogP contribution in [0.15, 0.2) is 48.5 Å². The van der Waals surface area contributed by atoms with Crippen LogP contribution >= 0.6 is 0 Å². The van der Waals surface area contributed by atoms with Gasteiger partial charge in [-0.15, -0.1) is 0 Å². The Balaban J connectivity index is 1.90. The molecule has 0 aliphatic rings. The van der Waals surface area contributed by atoms with Gasteiger partial charge in [-0.1, -0.05) is 24.3 Å². The zero-order valence-corrected chi connectivity index (χ0v) is 15.4. The van der Waals surface area contributed by atoms with Crippen molar-refractivity contribution in [1.82, 2.24) is 5.32 Å². The lowest BCUT2D eigenvalue weighted by Crippen LogP contribution is -2.35. The SMILES string of the molecule is COc1ccc(CNC(=O)[C@H](C)OC(=O)c2ccccc2NCCO)cc1. The fourth-order valence-corrected chi connectivity index (χ4v) is 2.36. The number of ether oxygens (including phenoxy) is 2. The highest BCUT2D eigenvalue weighted by molar-refractivity contribution is 5.97. The van der Waals surface area contributed by atoms with E-state index in [0.717, 1.165) is 11.3 Å². The summed E-state index contributed by atoms with van der Waals surface area (Å²) in [5.41, 5.74) is 1.75. The molecular weight excluding hydrogens is 348 g/mol. The minimum absolute atomic E-state index is 0.0620. The van der Waals surface area contributed by atoms with Crippen molar-refractivity contribution in [2.45, 2.75) is 19.6 Å². The lowest BCUT2D eigenvalue weighted by molar-refractivity contribution is -0.129. The standard InChI is InChI=1S/C20H24N2O5/c1-14(19(24)22-13-15-7-9-16(26-2)10-8-15)27-20(25)17-5-3-4-6-18(17)21-11-12-23/h3-10,14,21,23H,11-13H2,1-2H3,(H,22,24)/t14-/m0/s1. The van der Waals surface area contributed by atoms with Crippen molar-refractivity contribution in [2.24, 2.45) is 0 Å². The maximum atomic E-state index is 12.4. The number of anilines is 1. The van der Waals surface area contributed by atoms with E-state index in [1.165, 1.54) is 6.92 Å². The first-order valence-corrected chi connectivity index (χ1v) is 8.60. The summed E-state index contributed by atoms with van der Waals surface area (Å²) in [6, 6.07) is 14.1. The van der Waals surface area contributed by atoms with Gasteiger partial charge in [0.15, 0.2) is 6.10 Å². The lowest BCUT2D eigenvalue weighted by atomic mass is 10.1. The van der Waals surface area contributed by atoms with E-state index in [4.69, 9.17) is 14.6 Å². The quantitative estimate of drug-likeness (QED) is 0.582. The zero-order chi connectivity index (χ0) is 19.6. The molecule has 2 aromatic carbocycles. The lowest BCUT2D eigenvalue weighted by Gasteiger charge is -2.15. The van der Waals surface area contributed by atoms with Crippen LogP contribution in [0.4, 0.5) is 5.69 Å². The molecule has 7 nitrogen and oxygen atoms in total. The van der Waals surface area contributed by atoms with E-state index < -0.39 is 12.1 Å². The third kappa shape index (κ3) is 6.00. The Labute approximate surface area is 158 Å². The Bertz CT molecular complexity index is 761. The van der Waals surface area contributed by atoms with Crippen LogP contribution in [0.5, 0.6) is 5.75 Å². The Morgan fingerprint density at radius 1 is 1.11 bits per heavy atom. The first-order chi connectivity index (χ1) is 13.0. The van der Waals surface area contributed by atoms with Crippen LogP contribution in [0.3, 0.4) is 0 Å². The molecule has 0 aliphatic heterocycles. The maximum absolute atomic E-state index is 12.4. The second-order valence-corrected chi connectivity index (χ2v) is 5.81. The van der Waals surface area contributed by atoms with Gasteiger partial charge >= 0.3 is 5.97 Å². The highest BCUT2D eigenvalue weighted by Gasteiger charge is 2.20. The minimum Gasteiger partial charge on any atom is -0.497 e. The number of methoxy groups -OCH3 is 1. The summed E-state index contributed by atoms with van der Waals surface area (Å²) >= 11 is 0. The van der Waals surface area contributed by atoms with E-state index in [1.54, 1.807) is 43.5 Å². The second-order valence-electron chi connectivity index (χ2n) is 5.81. The normalized spacial score (nSPS) is 11.4. The average Bonchev–Trinajstić information content (AvgIpc) is 2.70. The van der Waals surface area contributed by atoms with Gasteiger partial charge in [0.1, 0.15) is 5.75 Å². The van der Waals surface area contributed by atoms with Crippen LogP contribution < -0.4 is 15.4 Å². The van der Waals surface area contributed by atoms with Crippen LogP contribution in [0.25, 0.3) is 0 Å². The molecule has 0 aliphatic carbocycles. The summed E-state index contributed by atoms with van der Waals surface area (Å²) in [6.07, 6.45) is -0.943. The van der Waals surface area contributed by atoms with E-state index in [0.29, 0.717) is 24.3 Å². The molecule has 0 radical (unpaired) electrons. The number of rotatable bonds is 9. The molecule has 27 heavy (non-hydrogen) atoms. The maximum Gasteiger partial charge on any atom is 0.341 e. The molecule has 0 aromatic heterocycles. The Morgan fingerprint density at radius 3 is 2.48 bits per heavy atom. The largest absolute Gasteiger partial charge is 0.497 e. The summed E-state index contributed by atoms with van der Waals surface area (Å²) in [7, 11) is 1.59. The number of carbonyl (C=O) groups excluding carboxylic acids is 2. The van der Waals surface area contributed by atoms with Crippen LogP contribution in [0.2, 0.25) is 0 Å². The first kappa shape index (κ1) is 20.3. The number of nitrogens with one attached hydrogen (secondary N) is 2. The van der Waals surface area contributed by atoms with Crippen LogP contribution in [-0.4, -0.2) is 43.3 Å². The molecule has 2 rings (SSSR count). The van der Waals surface area contributed by atoms with Crippen molar-refractivity contribution in [3.8, 4) is 5.75 Å². The first-order valence-electron chi connectivity index (χ1n) is 8.60. The number of amides is 1. The number of carbonyl (C=O) groups is 2. The predicted octanol–water partition coefficient (Wildman–Crippen LogP) is 1.96. The van der Waals surface area contributed by atoms with Gasteiger partial charge in [-0.25, -0.2) is 4.79 Å². The van der Waals surface area contributed by atoms with Crippen molar-refractivity contribution in [3.05, 3.63) is 59.7 Å². The van der Waals surface area contributed by atoms with Gasteiger partial charge in [-0.05, 0) is 36.8 Å². The summed E-state index contributed by atoms with van der Waals surface area (Å²) < 4.78 is 10.4. The zero-order valence-electron chi connectivity index (χ0n) is 15.4. The molecule has 1 atom stereocenters. The van der Waals surface area contributed by atoms with Crippen LogP contribution in [-0.2, 0) is 16.1 Å². The van der Waals surface area contributed by atoms with Crippen molar-refractivity contribution < 1.29 is 24.2 Å². The molecule has 0 unspecified atom stereocenters. The number of benzene rings is 2. The molecule has 3 N–H and O–H groups in total. The van der Waals surface area contributed by atoms with Crippen molar-refractivity contribution in [3.63, 3.8) is 0 Å². The van der Waals surface area contributed by atoms with Gasteiger partial charge in [0, 0.05) is 18.8 Å². The van der Waals surface area contributed by atoms with Gasteiger partial charge in [0.25, 0.3) is 5.91 Å². The summed E-state index contributed by atoms with van der Waals surface area (Å²) in [6.45, 7) is 2.08. The molecule has 0 heterocycles. The third-order valence-electron chi connectivity index (χ3n) is 3.85. The van der Waals surface area contributed by atoms with E-state index >= 15 is 0 Å². The van der Waals surface area contributed by atoms with E-state index in [2.05, 4.69) is 10.6 Å². The molecule has 0 spiro atoms. The monoisotopic (exact) mass is 372 g/mol. The topological polar surface area (TPSA) is 96.9 Å². The highest BCUT2D eigenvalue weighted by Crippen LogP contribution is 2.17. The van der Waals surface area contributed by atoms with Gasteiger partial charge in [-0.3, -0.25) is 4.79 Å². The summed E-state index contributed by atoms with van der Waals surface area (Å²) in [5, 5.41) is 14.6. The Hall–Kier alpha value is -3.06. The van der Waals surface area contributed by atoms with E-state index in [9.17, 15) is 9.59 Å². The van der Waals surface area contributed by atoms with Crippen molar-refractivity contribution in [2.75, 3.05) is 25.6 Å². The molecule has 144 valence electrons. The fourth-order valence-electron chi connectivity index (χ4n) is 2.36. The van der Waals surface area contributed by atoms with E-state index in [1.807, 2.05) is 12.1 Å². The van der Waals surface area contributed by atoms with Crippen LogP contribution in [0, 0.1) is 0 Å². The van der Waals surface area contributed by atoms with Gasteiger partial charge < -0.3 is 25.2 Å². The molecule has 0 saturated heterocycles. The number of para-hydroxylation sites is 1. The predicted molar refractivity (Wildman–Crippen MR) is 102 cm³/mol. The molecule has 0 fully saturated rings. The highest BCUT2D eigenvalue weighted by atomic mass is 16.5. The Kier molecular flexibility index (Phi) is 7.63.